The molecule has 0 aliphatic carbocycles. The fourth-order valence-corrected chi connectivity index (χ4v) is 3.73. The van der Waals surface area contributed by atoms with Crippen molar-refractivity contribution in [1.29, 1.82) is 0 Å². The number of nitrogens with zero attached hydrogens (tertiary/aromatic N) is 1. The lowest BCUT2D eigenvalue weighted by molar-refractivity contribution is -0.120. The Morgan fingerprint density at radius 1 is 1.07 bits per heavy atom. The summed E-state index contributed by atoms with van der Waals surface area (Å²) in [4.78, 5) is 26.2. The number of carbonyl (C=O) groups is 2. The average molecular weight is 381 g/mol. The standard InChI is InChI=1S/C23H27NO4/c1-16(14-17(2)25)22-24(23(26)27-15-19-10-6-4-7-11-19)18(3)21(28-22)20-12-8-5-9-13-20/h4-13,16,18,21-22H,14-15H2,1-3H3/t16-,18-,21-,22?/m0/s1. The Balaban J connectivity index is 1.79. The van der Waals surface area contributed by atoms with Crippen LogP contribution in [0.4, 0.5) is 4.79 Å². The van der Waals surface area contributed by atoms with Crippen LogP contribution in [0.15, 0.2) is 60.7 Å². The first-order valence-corrected chi connectivity index (χ1v) is 9.66. The third-order valence-electron chi connectivity index (χ3n) is 5.08. The Labute approximate surface area is 166 Å². The van der Waals surface area contributed by atoms with Gasteiger partial charge in [-0.05, 0) is 25.0 Å². The first kappa shape index (κ1) is 20.1. The SMILES string of the molecule is CC(=O)C[C@H](C)C1O[C@H](c2ccccc2)[C@H](C)N1C(=O)OCc1ccccc1. The van der Waals surface area contributed by atoms with Crippen LogP contribution in [-0.2, 0) is 20.9 Å². The third kappa shape index (κ3) is 4.60. The molecule has 5 nitrogen and oxygen atoms in total. The summed E-state index contributed by atoms with van der Waals surface area (Å²) in [6.07, 6.45) is -0.839. The molecule has 3 rings (SSSR count). The zero-order valence-electron chi connectivity index (χ0n) is 16.6. The van der Waals surface area contributed by atoms with Crippen LogP contribution in [0, 0.1) is 5.92 Å². The largest absolute Gasteiger partial charge is 0.444 e. The van der Waals surface area contributed by atoms with Crippen LogP contribution in [0.25, 0.3) is 0 Å². The number of hydrogen-bond donors (Lipinski definition) is 0. The maximum absolute atomic E-state index is 12.9. The van der Waals surface area contributed by atoms with E-state index >= 15 is 0 Å². The van der Waals surface area contributed by atoms with E-state index in [9.17, 15) is 9.59 Å². The van der Waals surface area contributed by atoms with Crippen LogP contribution in [-0.4, -0.2) is 29.0 Å². The molecule has 4 atom stereocenters. The van der Waals surface area contributed by atoms with Crippen molar-refractivity contribution < 1.29 is 19.1 Å². The highest BCUT2D eigenvalue weighted by Crippen LogP contribution is 2.38. The van der Waals surface area contributed by atoms with Gasteiger partial charge in [0.1, 0.15) is 24.7 Å². The zero-order valence-corrected chi connectivity index (χ0v) is 16.6. The predicted molar refractivity (Wildman–Crippen MR) is 106 cm³/mol. The highest BCUT2D eigenvalue weighted by Gasteiger charge is 2.46. The number of ether oxygens (including phenoxy) is 2. The van der Waals surface area contributed by atoms with Crippen LogP contribution in [0.3, 0.4) is 0 Å². The number of hydrogen-bond acceptors (Lipinski definition) is 4. The Morgan fingerprint density at radius 2 is 1.68 bits per heavy atom. The van der Waals surface area contributed by atoms with E-state index in [4.69, 9.17) is 9.47 Å². The van der Waals surface area contributed by atoms with Crippen molar-refractivity contribution in [2.24, 2.45) is 5.92 Å². The van der Waals surface area contributed by atoms with Crippen LogP contribution < -0.4 is 0 Å². The molecule has 0 aromatic heterocycles. The molecule has 2 aromatic carbocycles. The number of carbonyl (C=O) groups excluding carboxylic acids is 2. The molecule has 1 heterocycles. The molecule has 148 valence electrons. The summed E-state index contributed by atoms with van der Waals surface area (Å²) in [6.45, 7) is 5.65. The van der Waals surface area contributed by atoms with Crippen LogP contribution in [0.1, 0.15) is 44.4 Å². The number of ketones is 1. The normalized spacial score (nSPS) is 22.7. The molecule has 0 spiro atoms. The molecule has 0 bridgehead atoms. The lowest BCUT2D eigenvalue weighted by atomic mass is 10.0. The van der Waals surface area contributed by atoms with Gasteiger partial charge in [0.25, 0.3) is 0 Å². The second-order valence-electron chi connectivity index (χ2n) is 7.43. The summed E-state index contributed by atoms with van der Waals surface area (Å²) in [6, 6.07) is 19.2. The molecule has 0 saturated carbocycles. The minimum Gasteiger partial charge on any atom is -0.444 e. The second-order valence-corrected chi connectivity index (χ2v) is 7.43. The summed E-state index contributed by atoms with van der Waals surface area (Å²) in [5, 5.41) is 0. The highest BCUT2D eigenvalue weighted by molar-refractivity contribution is 5.76. The lowest BCUT2D eigenvalue weighted by Crippen LogP contribution is -2.44. The molecule has 5 heteroatoms. The molecule has 2 aromatic rings. The summed E-state index contributed by atoms with van der Waals surface area (Å²) in [5.74, 6) is -0.0533. The van der Waals surface area contributed by atoms with Crippen molar-refractivity contribution in [3.05, 3.63) is 71.8 Å². The molecule has 1 aliphatic heterocycles. The molecular weight excluding hydrogens is 354 g/mol. The van der Waals surface area contributed by atoms with Gasteiger partial charge in [-0.15, -0.1) is 0 Å². The Morgan fingerprint density at radius 3 is 2.29 bits per heavy atom. The van der Waals surface area contributed by atoms with Gasteiger partial charge in [-0.1, -0.05) is 67.6 Å². The summed E-state index contributed by atoms with van der Waals surface area (Å²) >= 11 is 0. The molecule has 0 N–H and O–H groups in total. The fraction of sp³-hybridized carbons (Fsp3) is 0.391. The van der Waals surface area contributed by atoms with Gasteiger partial charge in [0.15, 0.2) is 0 Å². The maximum atomic E-state index is 12.9. The van der Waals surface area contributed by atoms with E-state index in [-0.39, 0.29) is 30.5 Å². The van der Waals surface area contributed by atoms with Gasteiger partial charge < -0.3 is 14.3 Å². The van der Waals surface area contributed by atoms with E-state index < -0.39 is 12.3 Å². The van der Waals surface area contributed by atoms with Gasteiger partial charge in [0.05, 0.1) is 6.04 Å². The minimum atomic E-state index is -0.507. The number of Topliss-reactive ketones (excluding diaryl/α,β-unsaturated/α-hetero) is 1. The first-order valence-electron chi connectivity index (χ1n) is 9.66. The maximum Gasteiger partial charge on any atom is 0.412 e. The van der Waals surface area contributed by atoms with Crippen LogP contribution in [0.2, 0.25) is 0 Å². The molecule has 1 fully saturated rings. The molecule has 1 saturated heterocycles. The second kappa shape index (κ2) is 9.02. The quantitative estimate of drug-likeness (QED) is 0.726. The van der Waals surface area contributed by atoms with Crippen molar-refractivity contribution in [3.63, 3.8) is 0 Å². The number of amides is 1. The summed E-state index contributed by atoms with van der Waals surface area (Å²) < 4.78 is 11.9. The van der Waals surface area contributed by atoms with Crippen molar-refractivity contribution >= 4 is 11.9 Å². The smallest absolute Gasteiger partial charge is 0.412 e. The van der Waals surface area contributed by atoms with Crippen molar-refractivity contribution in [1.82, 2.24) is 4.90 Å². The van der Waals surface area contributed by atoms with E-state index in [1.165, 1.54) is 0 Å². The topological polar surface area (TPSA) is 55.8 Å². The first-order chi connectivity index (χ1) is 13.5. The van der Waals surface area contributed by atoms with E-state index in [1.807, 2.05) is 74.5 Å². The Bertz CT molecular complexity index is 793. The van der Waals surface area contributed by atoms with Crippen molar-refractivity contribution in [3.8, 4) is 0 Å². The van der Waals surface area contributed by atoms with E-state index in [2.05, 4.69) is 0 Å². The van der Waals surface area contributed by atoms with Crippen molar-refractivity contribution in [2.75, 3.05) is 0 Å². The van der Waals surface area contributed by atoms with E-state index in [1.54, 1.807) is 11.8 Å². The van der Waals surface area contributed by atoms with Gasteiger partial charge in [-0.25, -0.2) is 4.79 Å². The highest BCUT2D eigenvalue weighted by atomic mass is 16.6. The van der Waals surface area contributed by atoms with Gasteiger partial charge in [-0.2, -0.15) is 0 Å². The molecule has 0 radical (unpaired) electrons. The predicted octanol–water partition coefficient (Wildman–Crippen LogP) is 4.73. The number of rotatable bonds is 6. The molecule has 1 aliphatic rings. The minimum absolute atomic E-state index is 0.0736. The molecule has 1 amide bonds. The monoisotopic (exact) mass is 381 g/mol. The Hall–Kier alpha value is -2.66. The van der Waals surface area contributed by atoms with E-state index in [0.29, 0.717) is 6.42 Å². The summed E-state index contributed by atoms with van der Waals surface area (Å²) in [5.41, 5.74) is 1.94. The molecular formula is C23H27NO4. The average Bonchev–Trinajstić information content (AvgIpc) is 3.04. The van der Waals surface area contributed by atoms with Gasteiger partial charge in [0.2, 0.25) is 0 Å². The number of benzene rings is 2. The lowest BCUT2D eigenvalue weighted by Gasteiger charge is -2.29. The molecule has 28 heavy (non-hydrogen) atoms. The zero-order chi connectivity index (χ0) is 20.1. The fourth-order valence-electron chi connectivity index (χ4n) is 3.73. The summed E-state index contributed by atoms with van der Waals surface area (Å²) in [7, 11) is 0. The molecule has 1 unspecified atom stereocenters. The van der Waals surface area contributed by atoms with Gasteiger partial charge in [0, 0.05) is 12.3 Å². The van der Waals surface area contributed by atoms with Gasteiger partial charge >= 0.3 is 6.09 Å². The van der Waals surface area contributed by atoms with Crippen LogP contribution in [0.5, 0.6) is 0 Å². The van der Waals surface area contributed by atoms with Crippen LogP contribution >= 0.6 is 0 Å². The van der Waals surface area contributed by atoms with E-state index in [0.717, 1.165) is 11.1 Å². The third-order valence-corrected chi connectivity index (χ3v) is 5.08. The Kier molecular flexibility index (Phi) is 6.47. The van der Waals surface area contributed by atoms with Crippen molar-refractivity contribution in [2.45, 2.75) is 52.2 Å². The van der Waals surface area contributed by atoms with Gasteiger partial charge in [-0.3, -0.25) is 4.90 Å².